The zero-order valence-corrected chi connectivity index (χ0v) is 13.4. The van der Waals surface area contributed by atoms with Crippen LogP contribution in [-0.4, -0.2) is 34.4 Å². The number of nitrogens with zero attached hydrogens (tertiary/aromatic N) is 3. The number of amides is 1. The van der Waals surface area contributed by atoms with E-state index < -0.39 is 0 Å². The van der Waals surface area contributed by atoms with Gasteiger partial charge in [0.2, 0.25) is 5.91 Å². The van der Waals surface area contributed by atoms with Gasteiger partial charge in [-0.2, -0.15) is 0 Å². The van der Waals surface area contributed by atoms with E-state index in [4.69, 9.17) is 0 Å². The molecular weight excluding hydrogens is 307 g/mol. The first-order valence-electron chi connectivity index (χ1n) is 7.92. The second-order valence-electron chi connectivity index (χ2n) is 5.62. The van der Waals surface area contributed by atoms with E-state index in [9.17, 15) is 9.18 Å². The molecule has 0 radical (unpaired) electrons. The molecule has 1 saturated heterocycles. The fraction of sp³-hybridized carbons (Fsp3) is 0.278. The van der Waals surface area contributed by atoms with Crippen molar-refractivity contribution < 1.29 is 9.18 Å². The van der Waals surface area contributed by atoms with Crippen LogP contribution in [0.5, 0.6) is 0 Å². The van der Waals surface area contributed by atoms with Gasteiger partial charge < -0.3 is 10.2 Å². The van der Waals surface area contributed by atoms with Crippen molar-refractivity contribution in [2.45, 2.75) is 18.9 Å². The molecule has 1 aliphatic heterocycles. The molecule has 1 atom stereocenters. The number of carbonyl (C=O) groups excluding carboxylic acids is 1. The van der Waals surface area contributed by atoms with Gasteiger partial charge in [0.1, 0.15) is 11.6 Å². The van der Waals surface area contributed by atoms with Crippen LogP contribution >= 0.6 is 0 Å². The lowest BCUT2D eigenvalue weighted by Gasteiger charge is -2.23. The van der Waals surface area contributed by atoms with Gasteiger partial charge >= 0.3 is 0 Å². The molecule has 1 amide bonds. The minimum absolute atomic E-state index is 0.0939. The lowest BCUT2D eigenvalue weighted by Crippen LogP contribution is -2.29. The van der Waals surface area contributed by atoms with E-state index in [0.29, 0.717) is 17.9 Å². The first-order valence-corrected chi connectivity index (χ1v) is 7.92. The van der Waals surface area contributed by atoms with E-state index in [1.165, 1.54) is 18.2 Å². The van der Waals surface area contributed by atoms with Crippen molar-refractivity contribution in [2.75, 3.05) is 18.9 Å². The number of likely N-dealkylation sites (tertiary alicyclic amines) is 1. The van der Waals surface area contributed by atoms with Crippen molar-refractivity contribution in [3.63, 3.8) is 0 Å². The molecule has 1 aromatic carbocycles. The third-order valence-corrected chi connectivity index (χ3v) is 4.10. The topological polar surface area (TPSA) is 58.1 Å². The molecule has 1 aliphatic rings. The maximum Gasteiger partial charge on any atom is 0.247 e. The third-order valence-electron chi connectivity index (χ3n) is 4.10. The monoisotopic (exact) mass is 326 g/mol. The van der Waals surface area contributed by atoms with Crippen molar-refractivity contribution in [3.05, 3.63) is 59.8 Å². The van der Waals surface area contributed by atoms with E-state index >= 15 is 0 Å². The van der Waals surface area contributed by atoms with Gasteiger partial charge in [0.25, 0.3) is 0 Å². The van der Waals surface area contributed by atoms with Gasteiger partial charge in [-0.3, -0.25) is 9.78 Å². The molecule has 3 rings (SSSR count). The Kier molecular flexibility index (Phi) is 4.84. The molecule has 1 N–H and O–H groups in total. The van der Waals surface area contributed by atoms with E-state index in [1.807, 2.05) is 0 Å². The molecule has 124 valence electrons. The van der Waals surface area contributed by atoms with Crippen molar-refractivity contribution in [3.8, 4) is 0 Å². The summed E-state index contributed by atoms with van der Waals surface area (Å²) in [5.41, 5.74) is 1.17. The number of nitrogens with one attached hydrogen (secondary N) is 1. The van der Waals surface area contributed by atoms with Gasteiger partial charge in [0.05, 0.1) is 24.1 Å². The highest BCUT2D eigenvalue weighted by atomic mass is 19.1. The van der Waals surface area contributed by atoms with Crippen LogP contribution < -0.4 is 5.32 Å². The van der Waals surface area contributed by atoms with Crippen LogP contribution in [0.15, 0.2) is 42.7 Å². The lowest BCUT2D eigenvalue weighted by molar-refractivity contribution is -0.126. The normalized spacial score (nSPS) is 17.4. The van der Waals surface area contributed by atoms with Crippen molar-refractivity contribution in [2.24, 2.45) is 0 Å². The third kappa shape index (κ3) is 3.42. The standard InChI is InChI=1S/C18H19FN4O/c1-20-17-12-21-11-15(22-17)16-7-4-10-23(16)18(24)9-8-13-5-2-3-6-14(13)19/h2-3,5-6,8-9,11-12,16H,4,7,10H2,1H3,(H,20,22)/b9-8+/t16-/m1/s1. The molecule has 1 fully saturated rings. The summed E-state index contributed by atoms with van der Waals surface area (Å²) in [6.07, 6.45) is 8.03. The maximum absolute atomic E-state index is 13.6. The molecule has 2 aromatic rings. The molecule has 6 heteroatoms. The van der Waals surface area contributed by atoms with Crippen LogP contribution in [0, 0.1) is 5.82 Å². The van der Waals surface area contributed by atoms with Gasteiger partial charge in [0.15, 0.2) is 0 Å². The smallest absolute Gasteiger partial charge is 0.247 e. The predicted octanol–water partition coefficient (Wildman–Crippen LogP) is 3.03. The Morgan fingerprint density at radius 1 is 1.38 bits per heavy atom. The van der Waals surface area contributed by atoms with Crippen molar-refractivity contribution in [1.29, 1.82) is 0 Å². The summed E-state index contributed by atoms with van der Waals surface area (Å²) in [5, 5.41) is 2.96. The molecule has 0 bridgehead atoms. The number of halogens is 1. The van der Waals surface area contributed by atoms with Crippen LogP contribution in [0.3, 0.4) is 0 Å². The summed E-state index contributed by atoms with van der Waals surface area (Å²) >= 11 is 0. The number of aromatic nitrogens is 2. The summed E-state index contributed by atoms with van der Waals surface area (Å²) in [6, 6.07) is 6.29. The minimum Gasteiger partial charge on any atom is -0.372 e. The number of anilines is 1. The van der Waals surface area contributed by atoms with Crippen LogP contribution in [0.25, 0.3) is 6.08 Å². The first-order chi connectivity index (χ1) is 11.7. The highest BCUT2D eigenvalue weighted by Gasteiger charge is 2.30. The van der Waals surface area contributed by atoms with Crippen LogP contribution in [-0.2, 0) is 4.79 Å². The number of benzene rings is 1. The number of rotatable bonds is 4. The predicted molar refractivity (Wildman–Crippen MR) is 90.7 cm³/mol. The zero-order valence-electron chi connectivity index (χ0n) is 13.4. The Bertz CT molecular complexity index is 762. The molecule has 0 saturated carbocycles. The zero-order chi connectivity index (χ0) is 16.9. The Labute approximate surface area is 140 Å². The summed E-state index contributed by atoms with van der Waals surface area (Å²) in [7, 11) is 1.78. The van der Waals surface area contributed by atoms with Crippen molar-refractivity contribution in [1.82, 2.24) is 14.9 Å². The largest absolute Gasteiger partial charge is 0.372 e. The quantitative estimate of drug-likeness (QED) is 0.878. The van der Waals surface area contributed by atoms with E-state index in [2.05, 4.69) is 15.3 Å². The second-order valence-corrected chi connectivity index (χ2v) is 5.62. The summed E-state index contributed by atoms with van der Waals surface area (Å²) in [5.74, 6) is 0.193. The Hall–Kier alpha value is -2.76. The summed E-state index contributed by atoms with van der Waals surface area (Å²) in [6.45, 7) is 0.663. The SMILES string of the molecule is CNc1cncc([C@H]2CCCN2C(=O)/C=C/c2ccccc2F)n1. The first kappa shape index (κ1) is 16.1. The van der Waals surface area contributed by atoms with Gasteiger partial charge in [-0.05, 0) is 25.0 Å². The fourth-order valence-corrected chi connectivity index (χ4v) is 2.87. The Morgan fingerprint density at radius 2 is 2.21 bits per heavy atom. The molecule has 2 heterocycles. The second kappa shape index (κ2) is 7.21. The van der Waals surface area contributed by atoms with Crippen molar-refractivity contribution >= 4 is 17.8 Å². The number of hydrogen-bond acceptors (Lipinski definition) is 4. The fourth-order valence-electron chi connectivity index (χ4n) is 2.87. The number of hydrogen-bond donors (Lipinski definition) is 1. The molecule has 0 unspecified atom stereocenters. The lowest BCUT2D eigenvalue weighted by atomic mass is 10.1. The highest BCUT2D eigenvalue weighted by Crippen LogP contribution is 2.31. The Balaban J connectivity index is 1.77. The summed E-state index contributed by atoms with van der Waals surface area (Å²) in [4.78, 5) is 22.9. The molecule has 1 aromatic heterocycles. The van der Waals surface area contributed by atoms with E-state index in [1.54, 1.807) is 42.5 Å². The Morgan fingerprint density at radius 3 is 3.00 bits per heavy atom. The average Bonchev–Trinajstić information content (AvgIpc) is 3.11. The van der Waals surface area contributed by atoms with Crippen LogP contribution in [0.1, 0.15) is 30.1 Å². The van der Waals surface area contributed by atoms with E-state index in [0.717, 1.165) is 18.5 Å². The molecule has 24 heavy (non-hydrogen) atoms. The van der Waals surface area contributed by atoms with Gasteiger partial charge in [-0.15, -0.1) is 0 Å². The number of carbonyl (C=O) groups is 1. The average molecular weight is 326 g/mol. The molecular formula is C18H19FN4O. The van der Waals surface area contributed by atoms with Gasteiger partial charge in [0, 0.05) is 25.2 Å². The molecule has 5 nitrogen and oxygen atoms in total. The summed E-state index contributed by atoms with van der Waals surface area (Å²) < 4.78 is 13.6. The maximum atomic E-state index is 13.6. The minimum atomic E-state index is -0.341. The van der Waals surface area contributed by atoms with E-state index in [-0.39, 0.29) is 17.8 Å². The van der Waals surface area contributed by atoms with Crippen LogP contribution in [0.2, 0.25) is 0 Å². The highest BCUT2D eigenvalue weighted by molar-refractivity contribution is 5.92. The molecule has 0 aliphatic carbocycles. The van der Waals surface area contributed by atoms with Gasteiger partial charge in [-0.25, -0.2) is 9.37 Å². The van der Waals surface area contributed by atoms with Crippen LogP contribution in [0.4, 0.5) is 10.2 Å². The molecule has 0 spiro atoms. The van der Waals surface area contributed by atoms with Gasteiger partial charge in [-0.1, -0.05) is 18.2 Å².